The topological polar surface area (TPSA) is 73.0 Å². The molecule has 1 fully saturated rings. The van der Waals surface area contributed by atoms with Gasteiger partial charge in [-0.05, 0) is 33.2 Å². The van der Waals surface area contributed by atoms with Crippen molar-refractivity contribution in [2.45, 2.75) is 39.2 Å². The van der Waals surface area contributed by atoms with Crippen LogP contribution < -0.4 is 15.7 Å². The summed E-state index contributed by atoms with van der Waals surface area (Å²) in [4.78, 5) is 23.8. The molecule has 1 aromatic rings. The number of allylic oxidation sites excluding steroid dienone is 1. The number of rotatable bonds is 10. The van der Waals surface area contributed by atoms with E-state index in [1.165, 1.54) is 13.2 Å². The van der Waals surface area contributed by atoms with Gasteiger partial charge in [-0.15, -0.1) is 0 Å². The lowest BCUT2D eigenvalue weighted by atomic mass is 9.76. The average molecular weight is 566 g/mol. The number of carbonyl (C=O) groups excluding carboxylic acids is 1. The average Bonchev–Trinajstić information content (AvgIpc) is 3.24. The zero-order valence-electron chi connectivity index (χ0n) is 23.0. The van der Waals surface area contributed by atoms with Crippen LogP contribution in [0.1, 0.15) is 20.8 Å². The molecule has 2 N–H and O–H groups in total. The number of aromatic nitrogens is 1. The molecule has 39 heavy (non-hydrogen) atoms. The van der Waals surface area contributed by atoms with Crippen LogP contribution in [0.15, 0.2) is 47.3 Å². The number of nitrogens with zero attached hydrogens (tertiary/aromatic N) is 3. The lowest BCUT2D eigenvalue weighted by Crippen LogP contribution is -2.42. The van der Waals surface area contributed by atoms with Gasteiger partial charge in [-0.25, -0.2) is 0 Å². The third-order valence-electron chi connectivity index (χ3n) is 6.95. The Balaban J connectivity index is 2.41. The summed E-state index contributed by atoms with van der Waals surface area (Å²) in [6.45, 7) is 7.34. The Bertz CT molecular complexity index is 1110. The van der Waals surface area contributed by atoms with E-state index >= 15 is 0 Å². The number of anilines is 1. The summed E-state index contributed by atoms with van der Waals surface area (Å²) >= 11 is 0. The lowest BCUT2D eigenvalue weighted by molar-refractivity contribution is -0.179. The third-order valence-corrected chi connectivity index (χ3v) is 6.95. The van der Waals surface area contributed by atoms with Crippen LogP contribution in [-0.4, -0.2) is 81.6 Å². The van der Waals surface area contributed by atoms with Crippen LogP contribution >= 0.6 is 0 Å². The number of nitrogens with one attached hydrogen (secondary N) is 2. The second kappa shape index (κ2) is 12.5. The van der Waals surface area contributed by atoms with Crippen molar-refractivity contribution in [3.05, 3.63) is 47.8 Å². The molecule has 0 aromatic carbocycles. The number of hydrogen-bond acceptors (Lipinski definition) is 5. The molecule has 2 unspecified atom stereocenters. The molecule has 0 spiro atoms. The molecule has 1 aliphatic heterocycles. The largest absolute Gasteiger partial charge is 0.496 e. The monoisotopic (exact) mass is 565 g/mol. The number of halogens is 6. The van der Waals surface area contributed by atoms with Gasteiger partial charge in [0.2, 0.25) is 0 Å². The summed E-state index contributed by atoms with van der Waals surface area (Å²) in [6, 6.07) is 2.61. The molecule has 1 amide bonds. The van der Waals surface area contributed by atoms with Crippen LogP contribution in [0.3, 0.4) is 0 Å². The first-order valence-electron chi connectivity index (χ1n) is 12.4. The smallest absolute Gasteiger partial charge is 0.405 e. The van der Waals surface area contributed by atoms with E-state index in [2.05, 4.69) is 16.6 Å². The van der Waals surface area contributed by atoms with Crippen molar-refractivity contribution in [2.24, 2.45) is 22.2 Å². The number of alkyl halides is 6. The van der Waals surface area contributed by atoms with Crippen molar-refractivity contribution in [3.8, 4) is 0 Å². The summed E-state index contributed by atoms with van der Waals surface area (Å²) in [6.07, 6.45) is -6.14. The first kappa shape index (κ1) is 32.3. The summed E-state index contributed by atoms with van der Waals surface area (Å²) < 4.78 is 84.7. The van der Waals surface area contributed by atoms with Gasteiger partial charge in [-0.2, -0.15) is 26.3 Å². The molecule has 13 heteroatoms. The Morgan fingerprint density at radius 2 is 1.92 bits per heavy atom. The predicted octanol–water partition coefficient (Wildman–Crippen LogP) is 4.27. The van der Waals surface area contributed by atoms with Crippen molar-refractivity contribution in [2.75, 3.05) is 52.3 Å². The fourth-order valence-corrected chi connectivity index (χ4v) is 4.68. The third kappa shape index (κ3) is 8.51. The van der Waals surface area contributed by atoms with E-state index in [-0.39, 0.29) is 24.4 Å². The molecule has 0 aliphatic carbocycles. The van der Waals surface area contributed by atoms with Crippen LogP contribution in [0.5, 0.6) is 0 Å². The lowest BCUT2D eigenvalue weighted by Gasteiger charge is -2.32. The molecule has 3 atom stereocenters. The van der Waals surface area contributed by atoms with Crippen molar-refractivity contribution < 1.29 is 35.9 Å². The van der Waals surface area contributed by atoms with Crippen molar-refractivity contribution in [1.29, 1.82) is 0 Å². The Kier molecular flexibility index (Phi) is 10.3. The van der Waals surface area contributed by atoms with Gasteiger partial charge in [-0.1, -0.05) is 20.4 Å². The van der Waals surface area contributed by atoms with Gasteiger partial charge in [0.05, 0.1) is 24.6 Å². The SMILES string of the molecule is C=C/C(OC)=C(/C(=O)NCC(F)(F)F)C(C)(C)[C@H](C)/N=c1/cc(N2CC(CN(C)C)C(C(F)(F)F)C2)cc[nH]1. The molecule has 0 bridgehead atoms. The molecule has 2 heterocycles. The van der Waals surface area contributed by atoms with Crippen molar-refractivity contribution >= 4 is 11.6 Å². The first-order chi connectivity index (χ1) is 17.9. The normalized spacial score (nSPS) is 20.6. The number of H-pyrrole nitrogens is 1. The standard InChI is InChI=1S/C26H37F6N5O2/c1-8-20(39-7)22(23(38)34-15-25(27,28)29)24(3,4)16(2)35-21-11-18(9-10-33-21)37-13-17(12-36(5)6)19(14-37)26(30,31)32/h8-11,16-17,19H,1,12-15H2,2-7H3,(H,33,35)(H,34,38)/b22-20+/t16-,17?,19?/m0/s1. The molecule has 1 aliphatic rings. The highest BCUT2D eigenvalue weighted by molar-refractivity contribution is 5.95. The van der Waals surface area contributed by atoms with Gasteiger partial charge in [0, 0.05) is 48.9 Å². The number of amides is 1. The number of aromatic amines is 1. The molecular weight excluding hydrogens is 528 g/mol. The van der Waals surface area contributed by atoms with Gasteiger partial charge in [0.1, 0.15) is 17.8 Å². The van der Waals surface area contributed by atoms with Gasteiger partial charge < -0.3 is 24.8 Å². The number of hydrogen-bond donors (Lipinski definition) is 2. The molecule has 1 aromatic heterocycles. The fraction of sp³-hybridized carbons (Fsp3) is 0.615. The van der Waals surface area contributed by atoms with Crippen molar-refractivity contribution in [3.63, 3.8) is 0 Å². The zero-order chi connectivity index (χ0) is 29.8. The Morgan fingerprint density at radius 3 is 2.44 bits per heavy atom. The second-order valence-electron chi connectivity index (χ2n) is 10.5. The summed E-state index contributed by atoms with van der Waals surface area (Å²) in [5.74, 6) is -3.05. The van der Waals surface area contributed by atoms with Gasteiger partial charge in [0.15, 0.2) is 0 Å². The zero-order valence-corrected chi connectivity index (χ0v) is 23.0. The van der Waals surface area contributed by atoms with E-state index in [0.29, 0.717) is 17.7 Å². The van der Waals surface area contributed by atoms with Crippen molar-refractivity contribution in [1.82, 2.24) is 15.2 Å². The minimum atomic E-state index is -4.61. The number of methoxy groups -OCH3 is 1. The van der Waals surface area contributed by atoms with Crippen LogP contribution in [0.25, 0.3) is 0 Å². The van der Waals surface area contributed by atoms with Gasteiger partial charge in [-0.3, -0.25) is 9.79 Å². The maximum atomic E-state index is 13.7. The minimum absolute atomic E-state index is 0.00153. The molecule has 0 saturated carbocycles. The number of pyridine rings is 1. The number of ether oxygens (including phenoxy) is 1. The highest BCUT2D eigenvalue weighted by Gasteiger charge is 2.49. The highest BCUT2D eigenvalue weighted by Crippen LogP contribution is 2.39. The predicted molar refractivity (Wildman–Crippen MR) is 137 cm³/mol. The van der Waals surface area contributed by atoms with Crippen LogP contribution in [0.2, 0.25) is 0 Å². The molecule has 7 nitrogen and oxygen atoms in total. The van der Waals surface area contributed by atoms with E-state index in [9.17, 15) is 31.1 Å². The van der Waals surface area contributed by atoms with E-state index in [1.807, 2.05) is 5.32 Å². The Morgan fingerprint density at radius 1 is 1.28 bits per heavy atom. The minimum Gasteiger partial charge on any atom is -0.496 e. The fourth-order valence-electron chi connectivity index (χ4n) is 4.68. The molecule has 0 radical (unpaired) electrons. The summed E-state index contributed by atoms with van der Waals surface area (Å²) in [5.41, 5.74) is -0.323. The van der Waals surface area contributed by atoms with Crippen LogP contribution in [0, 0.1) is 17.3 Å². The Hall–Kier alpha value is -2.96. The Labute approximate surface area is 224 Å². The maximum Gasteiger partial charge on any atom is 0.405 e. The van der Waals surface area contributed by atoms with E-state index in [0.717, 1.165) is 0 Å². The van der Waals surface area contributed by atoms with E-state index in [1.54, 1.807) is 63.0 Å². The van der Waals surface area contributed by atoms with Gasteiger partial charge >= 0.3 is 12.4 Å². The maximum absolute atomic E-state index is 13.7. The quantitative estimate of drug-likeness (QED) is 0.192. The van der Waals surface area contributed by atoms with Crippen LogP contribution in [0.4, 0.5) is 32.0 Å². The molecular formula is C26H37F6N5O2. The number of carbonyl (C=O) groups is 1. The molecule has 2 rings (SSSR count). The second-order valence-corrected chi connectivity index (χ2v) is 10.5. The molecule has 1 saturated heterocycles. The van der Waals surface area contributed by atoms with Crippen LogP contribution in [-0.2, 0) is 9.53 Å². The first-order valence-corrected chi connectivity index (χ1v) is 12.4. The molecule has 220 valence electrons. The summed E-state index contributed by atoms with van der Waals surface area (Å²) in [7, 11) is 4.75. The van der Waals surface area contributed by atoms with E-state index < -0.39 is 48.1 Å². The van der Waals surface area contributed by atoms with E-state index in [4.69, 9.17) is 4.74 Å². The highest BCUT2D eigenvalue weighted by atomic mass is 19.4. The summed E-state index contributed by atoms with van der Waals surface area (Å²) in [5, 5.41) is 1.88. The van der Waals surface area contributed by atoms with Gasteiger partial charge in [0.25, 0.3) is 5.91 Å².